The van der Waals surface area contributed by atoms with Crippen LogP contribution in [0, 0.1) is 6.92 Å². The van der Waals surface area contributed by atoms with Gasteiger partial charge >= 0.3 is 0 Å². The Bertz CT molecular complexity index is 364. The molecular formula is C10H14BrN3S. The highest BCUT2D eigenvalue weighted by Crippen LogP contribution is 2.39. The molecule has 1 atom stereocenters. The molecule has 2 heterocycles. The van der Waals surface area contributed by atoms with Gasteiger partial charge in [0, 0.05) is 7.05 Å². The molecule has 2 rings (SSSR count). The first-order valence-electron chi connectivity index (χ1n) is 5.05. The SMILES string of the molecule is CNc1nc(C2CCCS2)nc(C)c1Br. The molecule has 1 saturated heterocycles. The number of aromatic nitrogens is 2. The van der Waals surface area contributed by atoms with E-state index in [-0.39, 0.29) is 0 Å². The molecule has 1 aliphatic heterocycles. The van der Waals surface area contributed by atoms with Crippen LogP contribution in [0.1, 0.15) is 29.6 Å². The lowest BCUT2D eigenvalue weighted by Crippen LogP contribution is -2.05. The molecule has 0 spiro atoms. The topological polar surface area (TPSA) is 37.8 Å². The molecule has 82 valence electrons. The van der Waals surface area contributed by atoms with Crippen LogP contribution in [-0.4, -0.2) is 22.8 Å². The summed E-state index contributed by atoms with van der Waals surface area (Å²) in [6.07, 6.45) is 2.48. The zero-order chi connectivity index (χ0) is 10.8. The summed E-state index contributed by atoms with van der Waals surface area (Å²) in [6.45, 7) is 2.01. The number of hydrogen-bond donors (Lipinski definition) is 1. The van der Waals surface area contributed by atoms with Crippen molar-refractivity contribution in [2.45, 2.75) is 25.0 Å². The van der Waals surface area contributed by atoms with Crippen molar-refractivity contribution >= 4 is 33.5 Å². The Morgan fingerprint density at radius 1 is 1.47 bits per heavy atom. The normalized spacial score (nSPS) is 20.6. The molecule has 1 unspecified atom stereocenters. The maximum atomic E-state index is 4.54. The first-order valence-corrected chi connectivity index (χ1v) is 6.90. The molecule has 1 aromatic heterocycles. The molecule has 5 heteroatoms. The quantitative estimate of drug-likeness (QED) is 0.907. The summed E-state index contributed by atoms with van der Waals surface area (Å²) >= 11 is 5.45. The van der Waals surface area contributed by atoms with Gasteiger partial charge in [0.25, 0.3) is 0 Å². The molecule has 0 saturated carbocycles. The van der Waals surface area contributed by atoms with Crippen molar-refractivity contribution in [2.24, 2.45) is 0 Å². The third-order valence-electron chi connectivity index (χ3n) is 2.49. The number of anilines is 1. The van der Waals surface area contributed by atoms with E-state index in [1.165, 1.54) is 18.6 Å². The molecule has 0 aliphatic carbocycles. The fourth-order valence-electron chi connectivity index (χ4n) is 1.67. The number of hydrogen-bond acceptors (Lipinski definition) is 4. The van der Waals surface area contributed by atoms with E-state index in [0.717, 1.165) is 21.8 Å². The minimum Gasteiger partial charge on any atom is -0.372 e. The van der Waals surface area contributed by atoms with E-state index < -0.39 is 0 Å². The van der Waals surface area contributed by atoms with Crippen LogP contribution >= 0.6 is 27.7 Å². The summed E-state index contributed by atoms with van der Waals surface area (Å²) in [7, 11) is 1.89. The Labute approximate surface area is 103 Å². The lowest BCUT2D eigenvalue weighted by Gasteiger charge is -2.11. The Hall–Kier alpha value is -0.290. The Kier molecular flexibility index (Phi) is 3.51. The minimum atomic E-state index is 0.490. The summed E-state index contributed by atoms with van der Waals surface area (Å²) < 4.78 is 0.969. The molecule has 1 N–H and O–H groups in total. The first-order chi connectivity index (χ1) is 7.22. The Morgan fingerprint density at radius 2 is 2.27 bits per heavy atom. The number of thioether (sulfide) groups is 1. The van der Waals surface area contributed by atoms with Crippen molar-refractivity contribution in [3.63, 3.8) is 0 Å². The van der Waals surface area contributed by atoms with Crippen molar-refractivity contribution in [3.8, 4) is 0 Å². The third kappa shape index (κ3) is 2.28. The standard InChI is InChI=1S/C10H14BrN3S/c1-6-8(11)10(12-2)14-9(13-6)7-4-3-5-15-7/h7H,3-5H2,1-2H3,(H,12,13,14). The number of nitrogens with one attached hydrogen (secondary N) is 1. The van der Waals surface area contributed by atoms with Gasteiger partial charge < -0.3 is 5.32 Å². The smallest absolute Gasteiger partial charge is 0.144 e. The van der Waals surface area contributed by atoms with Crippen molar-refractivity contribution in [1.82, 2.24) is 9.97 Å². The lowest BCUT2D eigenvalue weighted by molar-refractivity contribution is 0.771. The van der Waals surface area contributed by atoms with Crippen LogP contribution in [0.3, 0.4) is 0 Å². The molecule has 0 radical (unpaired) electrons. The highest BCUT2D eigenvalue weighted by atomic mass is 79.9. The molecule has 15 heavy (non-hydrogen) atoms. The third-order valence-corrected chi connectivity index (χ3v) is 4.81. The van der Waals surface area contributed by atoms with E-state index in [4.69, 9.17) is 0 Å². The molecule has 1 aromatic rings. The summed E-state index contributed by atoms with van der Waals surface area (Å²) in [6, 6.07) is 0. The minimum absolute atomic E-state index is 0.490. The average Bonchev–Trinajstić information content (AvgIpc) is 2.75. The van der Waals surface area contributed by atoms with Gasteiger partial charge in [0.15, 0.2) is 0 Å². The second kappa shape index (κ2) is 4.70. The molecule has 0 aromatic carbocycles. The Balaban J connectivity index is 2.35. The van der Waals surface area contributed by atoms with Gasteiger partial charge in [0.1, 0.15) is 11.6 Å². The number of nitrogens with zero attached hydrogens (tertiary/aromatic N) is 2. The van der Waals surface area contributed by atoms with E-state index in [1.54, 1.807) is 0 Å². The largest absolute Gasteiger partial charge is 0.372 e. The van der Waals surface area contributed by atoms with Crippen molar-refractivity contribution in [2.75, 3.05) is 18.1 Å². The maximum absolute atomic E-state index is 4.54. The predicted octanol–water partition coefficient (Wildman–Crippen LogP) is 3.16. The molecular weight excluding hydrogens is 274 g/mol. The summed E-state index contributed by atoms with van der Waals surface area (Å²) in [5, 5.41) is 3.58. The highest BCUT2D eigenvalue weighted by molar-refractivity contribution is 9.10. The van der Waals surface area contributed by atoms with Crippen molar-refractivity contribution < 1.29 is 0 Å². The van der Waals surface area contributed by atoms with Gasteiger partial charge in [0.05, 0.1) is 15.4 Å². The van der Waals surface area contributed by atoms with Gasteiger partial charge in [-0.3, -0.25) is 0 Å². The number of aryl methyl sites for hydroxylation is 1. The van der Waals surface area contributed by atoms with Crippen LogP contribution in [0.25, 0.3) is 0 Å². The molecule has 0 amide bonds. The van der Waals surface area contributed by atoms with Crippen LogP contribution in [-0.2, 0) is 0 Å². The number of rotatable bonds is 2. The average molecular weight is 288 g/mol. The zero-order valence-corrected chi connectivity index (χ0v) is 11.3. The van der Waals surface area contributed by atoms with Gasteiger partial charge in [-0.15, -0.1) is 0 Å². The monoisotopic (exact) mass is 287 g/mol. The Morgan fingerprint density at radius 3 is 2.87 bits per heavy atom. The van der Waals surface area contributed by atoms with Gasteiger partial charge in [-0.05, 0) is 41.4 Å². The molecule has 3 nitrogen and oxygen atoms in total. The number of halogens is 1. The van der Waals surface area contributed by atoms with Crippen molar-refractivity contribution in [3.05, 3.63) is 16.0 Å². The molecule has 1 aliphatic rings. The predicted molar refractivity (Wildman–Crippen MR) is 68.4 cm³/mol. The van der Waals surface area contributed by atoms with E-state index in [9.17, 15) is 0 Å². The fourth-order valence-corrected chi connectivity index (χ4v) is 3.25. The van der Waals surface area contributed by atoms with E-state index in [1.807, 2.05) is 25.7 Å². The van der Waals surface area contributed by atoms with Crippen LogP contribution in [0.2, 0.25) is 0 Å². The van der Waals surface area contributed by atoms with Gasteiger partial charge in [-0.1, -0.05) is 0 Å². The summed E-state index contributed by atoms with van der Waals surface area (Å²) in [5.41, 5.74) is 1.01. The van der Waals surface area contributed by atoms with Crippen LogP contribution in [0.15, 0.2) is 4.47 Å². The van der Waals surface area contributed by atoms with Crippen LogP contribution in [0.4, 0.5) is 5.82 Å². The molecule has 0 bridgehead atoms. The van der Waals surface area contributed by atoms with Gasteiger partial charge in [-0.2, -0.15) is 11.8 Å². The van der Waals surface area contributed by atoms with Crippen LogP contribution < -0.4 is 5.32 Å². The van der Waals surface area contributed by atoms with Gasteiger partial charge in [-0.25, -0.2) is 9.97 Å². The maximum Gasteiger partial charge on any atom is 0.144 e. The van der Waals surface area contributed by atoms with Gasteiger partial charge in [0.2, 0.25) is 0 Å². The van der Waals surface area contributed by atoms with E-state index in [2.05, 4.69) is 31.2 Å². The summed E-state index contributed by atoms with van der Waals surface area (Å²) in [4.78, 5) is 9.09. The van der Waals surface area contributed by atoms with Crippen molar-refractivity contribution in [1.29, 1.82) is 0 Å². The first kappa shape index (κ1) is 11.2. The molecule has 1 fully saturated rings. The van der Waals surface area contributed by atoms with E-state index in [0.29, 0.717) is 5.25 Å². The summed E-state index contributed by atoms with van der Waals surface area (Å²) in [5.74, 6) is 3.10. The highest BCUT2D eigenvalue weighted by Gasteiger charge is 2.22. The van der Waals surface area contributed by atoms with E-state index >= 15 is 0 Å². The second-order valence-corrected chi connectivity index (χ2v) is 5.69. The fraction of sp³-hybridized carbons (Fsp3) is 0.600. The zero-order valence-electron chi connectivity index (χ0n) is 8.88. The van der Waals surface area contributed by atoms with Crippen LogP contribution in [0.5, 0.6) is 0 Å². The lowest BCUT2D eigenvalue weighted by atomic mass is 10.2. The second-order valence-electron chi connectivity index (χ2n) is 3.58.